The Hall–Kier alpha value is -3.23. The van der Waals surface area contributed by atoms with E-state index in [1.54, 1.807) is 39.8 Å². The summed E-state index contributed by atoms with van der Waals surface area (Å²) in [6, 6.07) is 17.9. The molecule has 0 atom stereocenters. The molecule has 2 N–H and O–H groups in total. The second-order valence-corrected chi connectivity index (χ2v) is 7.44. The second kappa shape index (κ2) is 9.06. The maximum Gasteiger partial charge on any atom is 0.177 e. The predicted octanol–water partition coefficient (Wildman–Crippen LogP) is 4.78. The highest BCUT2D eigenvalue weighted by molar-refractivity contribution is 7.80. The van der Waals surface area contributed by atoms with Gasteiger partial charge in [0.15, 0.2) is 16.7 Å². The summed E-state index contributed by atoms with van der Waals surface area (Å²) in [6.07, 6.45) is 3.63. The van der Waals surface area contributed by atoms with E-state index in [1.165, 1.54) is 6.07 Å². The number of halogens is 2. The van der Waals surface area contributed by atoms with Gasteiger partial charge in [0.1, 0.15) is 5.82 Å². The fourth-order valence-electron chi connectivity index (χ4n) is 2.87. The van der Waals surface area contributed by atoms with Crippen molar-refractivity contribution in [3.8, 4) is 0 Å². The van der Waals surface area contributed by atoms with E-state index in [-0.39, 0.29) is 5.82 Å². The fourth-order valence-corrected chi connectivity index (χ4v) is 3.21. The van der Waals surface area contributed by atoms with Crippen LogP contribution < -0.4 is 10.6 Å². The number of anilines is 2. The van der Waals surface area contributed by atoms with Gasteiger partial charge in [0.25, 0.3) is 0 Å². The van der Waals surface area contributed by atoms with Gasteiger partial charge in [-0.25, -0.2) is 4.39 Å². The Bertz CT molecular complexity index is 1150. The number of rotatable bonds is 6. The minimum Gasteiger partial charge on any atom is -0.316 e. The average molecular weight is 441 g/mol. The van der Waals surface area contributed by atoms with Gasteiger partial charge in [-0.15, -0.1) is 0 Å². The van der Waals surface area contributed by atoms with Gasteiger partial charge in [0, 0.05) is 35.1 Å². The molecule has 9 heteroatoms. The third-order valence-corrected chi connectivity index (χ3v) is 4.77. The number of thiocarbonyl (C=S) groups is 1. The first-order valence-electron chi connectivity index (χ1n) is 9.18. The van der Waals surface area contributed by atoms with Gasteiger partial charge in [-0.1, -0.05) is 41.9 Å². The van der Waals surface area contributed by atoms with Crippen molar-refractivity contribution in [2.45, 2.75) is 13.1 Å². The molecule has 0 amide bonds. The molecule has 2 aromatic carbocycles. The lowest BCUT2D eigenvalue weighted by molar-refractivity contribution is 0.586. The molecule has 0 unspecified atom stereocenters. The molecule has 4 rings (SSSR count). The Kier molecular flexibility index (Phi) is 6.06. The van der Waals surface area contributed by atoms with E-state index in [0.29, 0.717) is 40.4 Å². The van der Waals surface area contributed by atoms with Crippen molar-refractivity contribution in [3.63, 3.8) is 0 Å². The first-order chi connectivity index (χ1) is 14.5. The van der Waals surface area contributed by atoms with Crippen LogP contribution in [0.3, 0.4) is 0 Å². The molecular formula is C21H18ClFN6S. The lowest BCUT2D eigenvalue weighted by Gasteiger charge is -2.07. The molecule has 0 aliphatic carbocycles. The standard InChI is InChI=1S/C21H18ClFN6S/c22-17-7-5-15(6-8-17)13-28-11-9-19(26-28)24-21(30)25-20-10-12-29(27-20)14-16-3-1-2-4-18(16)23/h1-12H,13-14H2,(H2,24,25,26,27,30). The highest BCUT2D eigenvalue weighted by atomic mass is 35.5. The van der Waals surface area contributed by atoms with E-state index in [0.717, 1.165) is 5.56 Å². The monoisotopic (exact) mass is 440 g/mol. The maximum atomic E-state index is 13.8. The van der Waals surface area contributed by atoms with Crippen molar-refractivity contribution in [2.24, 2.45) is 0 Å². The average Bonchev–Trinajstić information content (AvgIpc) is 3.35. The van der Waals surface area contributed by atoms with Gasteiger partial charge in [-0.3, -0.25) is 9.36 Å². The summed E-state index contributed by atoms with van der Waals surface area (Å²) >= 11 is 11.3. The SMILES string of the molecule is Fc1ccccc1Cn1ccc(NC(=S)Nc2ccn(Cc3ccc(Cl)cc3)n2)n1. The molecule has 4 aromatic rings. The molecule has 0 bridgehead atoms. The molecule has 0 saturated heterocycles. The predicted molar refractivity (Wildman–Crippen MR) is 120 cm³/mol. The lowest BCUT2D eigenvalue weighted by atomic mass is 10.2. The Labute approximate surface area is 183 Å². The van der Waals surface area contributed by atoms with Crippen LogP contribution in [-0.4, -0.2) is 24.7 Å². The van der Waals surface area contributed by atoms with Gasteiger partial charge in [-0.2, -0.15) is 10.2 Å². The van der Waals surface area contributed by atoms with Crippen LogP contribution in [0.4, 0.5) is 16.0 Å². The molecule has 0 aliphatic heterocycles. The molecule has 0 fully saturated rings. The zero-order chi connectivity index (χ0) is 20.9. The van der Waals surface area contributed by atoms with Gasteiger partial charge in [0.2, 0.25) is 0 Å². The summed E-state index contributed by atoms with van der Waals surface area (Å²) in [5.74, 6) is 0.922. The molecule has 2 aromatic heterocycles. The molecule has 30 heavy (non-hydrogen) atoms. The zero-order valence-corrected chi connectivity index (χ0v) is 17.4. The summed E-state index contributed by atoms with van der Waals surface area (Å²) in [6.45, 7) is 0.961. The molecule has 152 valence electrons. The number of hydrogen-bond donors (Lipinski definition) is 2. The summed E-state index contributed by atoms with van der Waals surface area (Å²) < 4.78 is 17.2. The molecule has 2 heterocycles. The topological polar surface area (TPSA) is 59.7 Å². The van der Waals surface area contributed by atoms with Crippen LogP contribution in [0, 0.1) is 5.82 Å². The molecule has 0 aliphatic rings. The summed E-state index contributed by atoms with van der Waals surface area (Å²) in [7, 11) is 0. The largest absolute Gasteiger partial charge is 0.316 e. The summed E-state index contributed by atoms with van der Waals surface area (Å²) in [5.41, 5.74) is 1.66. The van der Waals surface area contributed by atoms with Crippen molar-refractivity contribution >= 4 is 40.6 Å². The molecule has 6 nitrogen and oxygen atoms in total. The van der Waals surface area contributed by atoms with Crippen LogP contribution in [0.2, 0.25) is 5.02 Å². The lowest BCUT2D eigenvalue weighted by Crippen LogP contribution is -2.20. The maximum absolute atomic E-state index is 13.8. The Morgan fingerprint density at radius 3 is 2.10 bits per heavy atom. The van der Waals surface area contributed by atoms with Crippen LogP contribution in [-0.2, 0) is 13.1 Å². The number of nitrogens with one attached hydrogen (secondary N) is 2. The van der Waals surface area contributed by atoms with Gasteiger partial charge < -0.3 is 10.6 Å². The number of hydrogen-bond acceptors (Lipinski definition) is 3. The van der Waals surface area contributed by atoms with E-state index in [9.17, 15) is 4.39 Å². The van der Waals surface area contributed by atoms with E-state index in [4.69, 9.17) is 23.8 Å². The fraction of sp³-hybridized carbons (Fsp3) is 0.0952. The van der Waals surface area contributed by atoms with E-state index < -0.39 is 0 Å². The van der Waals surface area contributed by atoms with Crippen LogP contribution in [0.25, 0.3) is 0 Å². The minimum atomic E-state index is -0.256. The normalized spacial score (nSPS) is 10.7. The molecule has 0 spiro atoms. The van der Waals surface area contributed by atoms with Crippen LogP contribution in [0.5, 0.6) is 0 Å². The quantitative estimate of drug-likeness (QED) is 0.423. The first kappa shape index (κ1) is 20.1. The Balaban J connectivity index is 1.32. The molecular weight excluding hydrogens is 423 g/mol. The van der Waals surface area contributed by atoms with E-state index in [2.05, 4.69) is 20.8 Å². The van der Waals surface area contributed by atoms with Crippen molar-refractivity contribution in [2.75, 3.05) is 10.6 Å². The highest BCUT2D eigenvalue weighted by Crippen LogP contribution is 2.13. The smallest absolute Gasteiger partial charge is 0.177 e. The van der Waals surface area contributed by atoms with Crippen molar-refractivity contribution in [3.05, 3.63) is 95.0 Å². The van der Waals surface area contributed by atoms with Gasteiger partial charge >= 0.3 is 0 Å². The second-order valence-electron chi connectivity index (χ2n) is 6.59. The summed E-state index contributed by atoms with van der Waals surface area (Å²) in [4.78, 5) is 0. The van der Waals surface area contributed by atoms with Crippen LogP contribution in [0.15, 0.2) is 73.1 Å². The number of aromatic nitrogens is 4. The third-order valence-electron chi connectivity index (χ3n) is 4.31. The van der Waals surface area contributed by atoms with E-state index >= 15 is 0 Å². The molecule has 0 saturated carbocycles. The number of nitrogens with zero attached hydrogens (tertiary/aromatic N) is 4. The third kappa shape index (κ3) is 5.22. The minimum absolute atomic E-state index is 0.256. The van der Waals surface area contributed by atoms with Crippen molar-refractivity contribution < 1.29 is 4.39 Å². The van der Waals surface area contributed by atoms with Gasteiger partial charge in [-0.05, 0) is 36.0 Å². The zero-order valence-electron chi connectivity index (χ0n) is 15.8. The van der Waals surface area contributed by atoms with Crippen LogP contribution >= 0.6 is 23.8 Å². The van der Waals surface area contributed by atoms with E-state index in [1.807, 2.05) is 36.5 Å². The Morgan fingerprint density at radius 1 is 0.867 bits per heavy atom. The molecule has 0 radical (unpaired) electrons. The van der Waals surface area contributed by atoms with Crippen molar-refractivity contribution in [1.82, 2.24) is 19.6 Å². The first-order valence-corrected chi connectivity index (χ1v) is 9.96. The van der Waals surface area contributed by atoms with Gasteiger partial charge in [0.05, 0.1) is 13.1 Å². The number of benzene rings is 2. The highest BCUT2D eigenvalue weighted by Gasteiger charge is 2.07. The van der Waals surface area contributed by atoms with Crippen molar-refractivity contribution in [1.29, 1.82) is 0 Å². The van der Waals surface area contributed by atoms with Crippen LogP contribution in [0.1, 0.15) is 11.1 Å². The Morgan fingerprint density at radius 2 is 1.47 bits per heavy atom. The summed E-state index contributed by atoms with van der Waals surface area (Å²) in [5, 5.41) is 15.9.